The Bertz CT molecular complexity index is 314. The maximum Gasteiger partial charge on any atom is 0.264 e. The van der Waals surface area contributed by atoms with Gasteiger partial charge in [-0.2, -0.15) is 20.2 Å². The first-order valence-electron chi connectivity index (χ1n) is 4.19. The molecular weight excluding hydrogens is 228 g/mol. The average Bonchev–Trinajstić information content (AvgIpc) is 2.20. The molecule has 4 atom stereocenters. The molecule has 0 aliphatic carbocycles. The number of hydrogen-bond donors (Lipinski definition) is 0. The third-order valence-corrected chi connectivity index (χ3v) is 4.29. The first-order valence-corrected chi connectivity index (χ1v) is 7.06. The molecule has 7 heteroatoms. The lowest BCUT2D eigenvalue weighted by molar-refractivity contribution is -0.138. The molecule has 2 rings (SSSR count). The molecule has 5 nitrogen and oxygen atoms in total. The Kier molecular flexibility index (Phi) is 2.78. The summed E-state index contributed by atoms with van der Waals surface area (Å²) in [6.45, 7) is 0. The van der Waals surface area contributed by atoms with E-state index in [1.54, 1.807) is 11.8 Å². The van der Waals surface area contributed by atoms with Crippen LogP contribution in [-0.2, 0) is 23.8 Å². The van der Waals surface area contributed by atoms with Crippen LogP contribution in [0.2, 0.25) is 0 Å². The van der Waals surface area contributed by atoms with Gasteiger partial charge >= 0.3 is 0 Å². The smallest absolute Gasteiger partial charge is 0.264 e. The van der Waals surface area contributed by atoms with E-state index in [0.29, 0.717) is 0 Å². The van der Waals surface area contributed by atoms with Crippen molar-refractivity contribution in [1.29, 1.82) is 0 Å². The number of ether oxygens (including phenoxy) is 2. The van der Waals surface area contributed by atoms with Crippen LogP contribution in [0.3, 0.4) is 0 Å². The standard InChI is InChI=1S/C7H12O5S2/c1-10-7-5(12-14(2,8)9)6-4(11-7)3-13-6/h4-7H,3H2,1-2H3/t4-,5+,6+,7-/m0/s1. The third kappa shape index (κ3) is 1.92. The van der Waals surface area contributed by atoms with Gasteiger partial charge in [-0.25, -0.2) is 0 Å². The van der Waals surface area contributed by atoms with Crippen LogP contribution in [0.5, 0.6) is 0 Å². The van der Waals surface area contributed by atoms with Crippen molar-refractivity contribution in [2.75, 3.05) is 19.1 Å². The molecule has 0 amide bonds. The van der Waals surface area contributed by atoms with Gasteiger partial charge in [-0.1, -0.05) is 0 Å². The highest BCUT2D eigenvalue weighted by Crippen LogP contribution is 2.43. The average molecular weight is 240 g/mol. The monoisotopic (exact) mass is 240 g/mol. The number of thioether (sulfide) groups is 1. The highest BCUT2D eigenvalue weighted by Gasteiger charge is 2.52. The molecule has 2 saturated heterocycles. The predicted molar refractivity (Wildman–Crippen MR) is 51.6 cm³/mol. The van der Waals surface area contributed by atoms with Crippen molar-refractivity contribution in [2.45, 2.75) is 23.7 Å². The van der Waals surface area contributed by atoms with Crippen LogP contribution in [-0.4, -0.2) is 51.3 Å². The molecule has 0 aromatic heterocycles. The maximum absolute atomic E-state index is 11.0. The fraction of sp³-hybridized carbons (Fsp3) is 1.00. The Hall–Kier alpha value is 0.180. The summed E-state index contributed by atoms with van der Waals surface area (Å²) in [7, 11) is -1.96. The summed E-state index contributed by atoms with van der Waals surface area (Å²) in [6, 6.07) is 0. The lowest BCUT2D eigenvalue weighted by atomic mass is 10.2. The molecule has 82 valence electrons. The van der Waals surface area contributed by atoms with Gasteiger partial charge in [-0.15, -0.1) is 0 Å². The molecule has 0 bridgehead atoms. The molecule has 14 heavy (non-hydrogen) atoms. The SMILES string of the molecule is CO[C@H]1O[C@H]2CS[C@H]2[C@H]1OS(C)(=O)=O. The number of methoxy groups -OCH3 is 1. The van der Waals surface area contributed by atoms with Crippen LogP contribution in [0, 0.1) is 0 Å². The second-order valence-corrected chi connectivity index (χ2v) is 6.15. The minimum atomic E-state index is -3.45. The van der Waals surface area contributed by atoms with Gasteiger partial charge in [-0.05, 0) is 0 Å². The topological polar surface area (TPSA) is 61.8 Å². The van der Waals surface area contributed by atoms with E-state index in [0.717, 1.165) is 12.0 Å². The van der Waals surface area contributed by atoms with E-state index >= 15 is 0 Å². The van der Waals surface area contributed by atoms with Gasteiger partial charge in [0.1, 0.15) is 6.10 Å². The summed E-state index contributed by atoms with van der Waals surface area (Å²) in [4.78, 5) is 0. The zero-order chi connectivity index (χ0) is 10.3. The Labute approximate surface area is 87.2 Å². The normalized spacial score (nSPS) is 41.9. The Morgan fingerprint density at radius 1 is 1.50 bits per heavy atom. The van der Waals surface area contributed by atoms with E-state index < -0.39 is 22.5 Å². The summed E-state index contributed by atoms with van der Waals surface area (Å²) >= 11 is 1.65. The molecule has 0 saturated carbocycles. The van der Waals surface area contributed by atoms with E-state index in [4.69, 9.17) is 13.7 Å². The van der Waals surface area contributed by atoms with Gasteiger partial charge in [0.2, 0.25) is 0 Å². The van der Waals surface area contributed by atoms with Crippen molar-refractivity contribution in [3.8, 4) is 0 Å². The van der Waals surface area contributed by atoms with E-state index in [-0.39, 0.29) is 11.4 Å². The molecule has 2 aliphatic rings. The lowest BCUT2D eigenvalue weighted by Crippen LogP contribution is -2.41. The molecule has 0 spiro atoms. The first kappa shape index (κ1) is 10.7. The Morgan fingerprint density at radius 2 is 2.21 bits per heavy atom. The van der Waals surface area contributed by atoms with E-state index in [2.05, 4.69) is 0 Å². The van der Waals surface area contributed by atoms with Gasteiger partial charge in [0.25, 0.3) is 10.1 Å². The predicted octanol–water partition coefficient (Wildman–Crippen LogP) is -0.182. The number of fused-ring (bicyclic) bond motifs is 1. The minimum absolute atomic E-state index is 0.0803. The molecule has 2 fully saturated rings. The van der Waals surface area contributed by atoms with Crippen molar-refractivity contribution >= 4 is 21.9 Å². The van der Waals surface area contributed by atoms with Crippen LogP contribution in [0.1, 0.15) is 0 Å². The minimum Gasteiger partial charge on any atom is -0.353 e. The van der Waals surface area contributed by atoms with Crippen LogP contribution in [0.15, 0.2) is 0 Å². The fourth-order valence-electron chi connectivity index (χ4n) is 1.61. The molecule has 0 radical (unpaired) electrons. The molecule has 0 N–H and O–H groups in total. The van der Waals surface area contributed by atoms with E-state index in [9.17, 15) is 8.42 Å². The largest absolute Gasteiger partial charge is 0.353 e. The summed E-state index contributed by atoms with van der Waals surface area (Å²) in [5.41, 5.74) is 0. The van der Waals surface area contributed by atoms with Crippen LogP contribution in [0.4, 0.5) is 0 Å². The zero-order valence-electron chi connectivity index (χ0n) is 7.87. The zero-order valence-corrected chi connectivity index (χ0v) is 9.51. The molecule has 2 heterocycles. The van der Waals surface area contributed by atoms with Gasteiger partial charge in [0.05, 0.1) is 17.6 Å². The van der Waals surface area contributed by atoms with Crippen molar-refractivity contribution < 1.29 is 22.1 Å². The fourth-order valence-corrected chi connectivity index (χ4v) is 3.38. The molecule has 0 aromatic rings. The summed E-state index contributed by atoms with van der Waals surface area (Å²) in [5, 5.41) is 0.0923. The first-order chi connectivity index (χ1) is 6.51. The quantitative estimate of drug-likeness (QED) is 0.638. The summed E-state index contributed by atoms with van der Waals surface area (Å²) < 4.78 is 37.4. The van der Waals surface area contributed by atoms with Gasteiger partial charge < -0.3 is 9.47 Å². The summed E-state index contributed by atoms with van der Waals surface area (Å²) in [5.74, 6) is 0.883. The van der Waals surface area contributed by atoms with Crippen LogP contribution in [0.25, 0.3) is 0 Å². The molecule has 2 aliphatic heterocycles. The van der Waals surface area contributed by atoms with Gasteiger partial charge in [0.15, 0.2) is 6.29 Å². The highest BCUT2D eigenvalue weighted by molar-refractivity contribution is 8.01. The molecule has 0 unspecified atom stereocenters. The van der Waals surface area contributed by atoms with E-state index in [1.807, 2.05) is 0 Å². The van der Waals surface area contributed by atoms with Gasteiger partial charge in [-0.3, -0.25) is 4.18 Å². The Morgan fingerprint density at radius 3 is 2.64 bits per heavy atom. The summed E-state index contributed by atoms with van der Waals surface area (Å²) in [6.07, 6.45) is 0.0568. The van der Waals surface area contributed by atoms with Crippen LogP contribution >= 0.6 is 11.8 Å². The number of rotatable bonds is 3. The lowest BCUT2D eigenvalue weighted by Gasteiger charge is -2.29. The third-order valence-electron chi connectivity index (χ3n) is 2.24. The van der Waals surface area contributed by atoms with Crippen LogP contribution < -0.4 is 0 Å². The highest BCUT2D eigenvalue weighted by atomic mass is 32.2. The molecular formula is C7H12O5S2. The van der Waals surface area contributed by atoms with E-state index in [1.165, 1.54) is 7.11 Å². The Balaban J connectivity index is 2.08. The second kappa shape index (κ2) is 3.64. The molecule has 0 aromatic carbocycles. The number of hydrogen-bond acceptors (Lipinski definition) is 6. The van der Waals surface area contributed by atoms with Crippen molar-refractivity contribution in [1.82, 2.24) is 0 Å². The maximum atomic E-state index is 11.0. The van der Waals surface area contributed by atoms with Gasteiger partial charge in [0, 0.05) is 12.9 Å². The van der Waals surface area contributed by atoms with Crippen molar-refractivity contribution in [3.63, 3.8) is 0 Å². The second-order valence-electron chi connectivity index (χ2n) is 3.34. The van der Waals surface area contributed by atoms with Crippen molar-refractivity contribution in [2.24, 2.45) is 0 Å². The van der Waals surface area contributed by atoms with Crippen molar-refractivity contribution in [3.05, 3.63) is 0 Å².